The van der Waals surface area contributed by atoms with Gasteiger partial charge >= 0.3 is 0 Å². The normalized spacial score (nSPS) is 20.9. The predicted octanol–water partition coefficient (Wildman–Crippen LogP) is 1.32. The fourth-order valence-electron chi connectivity index (χ4n) is 2.45. The molecule has 1 aliphatic heterocycles. The van der Waals surface area contributed by atoms with Crippen LogP contribution in [0.25, 0.3) is 0 Å². The van der Waals surface area contributed by atoms with E-state index in [4.69, 9.17) is 5.11 Å². The van der Waals surface area contributed by atoms with Crippen molar-refractivity contribution in [3.05, 3.63) is 5.69 Å². The summed E-state index contributed by atoms with van der Waals surface area (Å²) in [6.45, 7) is 2.31. The lowest BCUT2D eigenvalue weighted by Crippen LogP contribution is -2.29. The molecule has 0 bridgehead atoms. The zero-order valence-corrected chi connectivity index (χ0v) is 11.0. The Morgan fingerprint density at radius 2 is 2.47 bits per heavy atom. The highest BCUT2D eigenvalue weighted by Crippen LogP contribution is 2.26. The van der Waals surface area contributed by atoms with Crippen LogP contribution in [0, 0.1) is 0 Å². The molecule has 17 heavy (non-hydrogen) atoms. The molecule has 2 heterocycles. The van der Waals surface area contributed by atoms with Crippen molar-refractivity contribution in [1.29, 1.82) is 0 Å². The maximum absolute atomic E-state index is 8.90. The smallest absolute Gasteiger partial charge is 0.134 e. The van der Waals surface area contributed by atoms with Gasteiger partial charge in [0.25, 0.3) is 0 Å². The molecular formula is C11H20N4OS. The average molecular weight is 256 g/mol. The van der Waals surface area contributed by atoms with Crippen LogP contribution in [0.2, 0.25) is 0 Å². The third kappa shape index (κ3) is 3.14. The molecule has 0 amide bonds. The summed E-state index contributed by atoms with van der Waals surface area (Å²) in [4.78, 5) is 2.47. The Hall–Kier alpha value is -0.720. The molecular weight excluding hydrogens is 236 g/mol. The molecule has 6 heteroatoms. The zero-order valence-electron chi connectivity index (χ0n) is 10.2. The van der Waals surface area contributed by atoms with Crippen LogP contribution in [0.5, 0.6) is 0 Å². The van der Waals surface area contributed by atoms with Crippen LogP contribution in [0.1, 0.15) is 31.4 Å². The number of aliphatic hydroxyl groups is 1. The van der Waals surface area contributed by atoms with E-state index >= 15 is 0 Å². The first kappa shape index (κ1) is 12.7. The number of nitrogens with one attached hydrogen (secondary N) is 1. The highest BCUT2D eigenvalue weighted by atomic mass is 32.1. The molecule has 1 aromatic rings. The second-order valence-electron chi connectivity index (χ2n) is 4.43. The Balaban J connectivity index is 1.93. The summed E-state index contributed by atoms with van der Waals surface area (Å²) in [5, 5.41) is 17.3. The Morgan fingerprint density at radius 3 is 3.24 bits per heavy atom. The highest BCUT2D eigenvalue weighted by molar-refractivity contribution is 7.10. The molecule has 1 aromatic heterocycles. The van der Waals surface area contributed by atoms with E-state index in [0.717, 1.165) is 36.6 Å². The van der Waals surface area contributed by atoms with Crippen molar-refractivity contribution >= 4 is 16.5 Å². The fourth-order valence-corrected chi connectivity index (χ4v) is 2.97. The van der Waals surface area contributed by atoms with Gasteiger partial charge in [-0.1, -0.05) is 4.49 Å². The number of aliphatic hydroxyl groups excluding tert-OH is 1. The van der Waals surface area contributed by atoms with E-state index in [0.29, 0.717) is 12.6 Å². The first-order valence-corrected chi connectivity index (χ1v) is 6.96. The van der Waals surface area contributed by atoms with Crippen LogP contribution in [0.3, 0.4) is 0 Å². The number of nitrogens with zero attached hydrogens (tertiary/aromatic N) is 3. The lowest BCUT2D eigenvalue weighted by molar-refractivity contribution is 0.208. The molecule has 0 aliphatic carbocycles. The maximum Gasteiger partial charge on any atom is 0.134 e. The van der Waals surface area contributed by atoms with E-state index in [9.17, 15) is 0 Å². The number of likely N-dealkylation sites (tertiary alicyclic amines) is 1. The van der Waals surface area contributed by atoms with Crippen molar-refractivity contribution in [3.8, 4) is 0 Å². The van der Waals surface area contributed by atoms with Crippen LogP contribution in [0.15, 0.2) is 0 Å². The van der Waals surface area contributed by atoms with E-state index in [-0.39, 0.29) is 0 Å². The minimum atomic E-state index is 0.296. The van der Waals surface area contributed by atoms with E-state index in [2.05, 4.69) is 19.8 Å². The van der Waals surface area contributed by atoms with Crippen LogP contribution in [-0.2, 0) is 6.54 Å². The minimum Gasteiger partial charge on any atom is -0.396 e. The molecule has 0 spiro atoms. The van der Waals surface area contributed by atoms with Crippen molar-refractivity contribution < 1.29 is 5.11 Å². The summed E-state index contributed by atoms with van der Waals surface area (Å²) >= 11 is 1.41. The quantitative estimate of drug-likeness (QED) is 0.804. The minimum absolute atomic E-state index is 0.296. The third-order valence-corrected chi connectivity index (χ3v) is 4.12. The van der Waals surface area contributed by atoms with Crippen molar-refractivity contribution in [2.75, 3.05) is 25.5 Å². The van der Waals surface area contributed by atoms with Gasteiger partial charge < -0.3 is 10.4 Å². The van der Waals surface area contributed by atoms with Gasteiger partial charge in [0.2, 0.25) is 0 Å². The van der Waals surface area contributed by atoms with Gasteiger partial charge in [0.1, 0.15) is 10.7 Å². The van der Waals surface area contributed by atoms with Crippen molar-refractivity contribution in [2.45, 2.75) is 38.3 Å². The lowest BCUT2D eigenvalue weighted by Gasteiger charge is -2.23. The van der Waals surface area contributed by atoms with Gasteiger partial charge in [-0.3, -0.25) is 4.90 Å². The van der Waals surface area contributed by atoms with Crippen LogP contribution in [-0.4, -0.2) is 45.8 Å². The number of aromatic nitrogens is 2. The Labute approximate surface area is 106 Å². The molecule has 2 N–H and O–H groups in total. The predicted molar refractivity (Wildman–Crippen MR) is 69.2 cm³/mol. The molecule has 96 valence electrons. The lowest BCUT2D eigenvalue weighted by atomic mass is 10.1. The fraction of sp³-hybridized carbons (Fsp3) is 0.818. The van der Waals surface area contributed by atoms with Crippen molar-refractivity contribution in [2.24, 2.45) is 0 Å². The SMILES string of the molecule is CNc1snnc1CN1CCCC1CCCO. The van der Waals surface area contributed by atoms with Crippen LogP contribution < -0.4 is 5.32 Å². The molecule has 2 rings (SSSR count). The second-order valence-corrected chi connectivity index (χ2v) is 5.19. The summed E-state index contributed by atoms with van der Waals surface area (Å²) in [5.41, 5.74) is 1.05. The van der Waals surface area contributed by atoms with Gasteiger partial charge in [0.05, 0.1) is 0 Å². The van der Waals surface area contributed by atoms with Gasteiger partial charge in [-0.2, -0.15) is 0 Å². The summed E-state index contributed by atoms with van der Waals surface area (Å²) < 4.78 is 3.98. The Morgan fingerprint density at radius 1 is 1.59 bits per heavy atom. The van der Waals surface area contributed by atoms with Crippen LogP contribution >= 0.6 is 11.5 Å². The molecule has 0 radical (unpaired) electrons. The molecule has 1 atom stereocenters. The standard InChI is InChI=1S/C11H20N4OS/c1-12-11-10(13-14-17-11)8-15-6-2-4-9(15)5-3-7-16/h9,12,16H,2-8H2,1H3. The molecule has 1 fully saturated rings. The molecule has 1 saturated heterocycles. The Kier molecular flexibility index (Phi) is 4.70. The summed E-state index contributed by atoms with van der Waals surface area (Å²) in [6.07, 6.45) is 4.48. The highest BCUT2D eigenvalue weighted by Gasteiger charge is 2.25. The van der Waals surface area contributed by atoms with Crippen LogP contribution in [0.4, 0.5) is 5.00 Å². The molecule has 5 nitrogen and oxygen atoms in total. The zero-order chi connectivity index (χ0) is 12.1. The maximum atomic E-state index is 8.90. The molecule has 1 unspecified atom stereocenters. The van der Waals surface area contributed by atoms with Gasteiger partial charge in [0.15, 0.2) is 0 Å². The van der Waals surface area contributed by atoms with E-state index in [1.165, 1.54) is 24.4 Å². The number of hydrogen-bond donors (Lipinski definition) is 2. The van der Waals surface area contributed by atoms with E-state index in [1.807, 2.05) is 7.05 Å². The Bertz CT molecular complexity index is 344. The topological polar surface area (TPSA) is 61.3 Å². The molecule has 0 saturated carbocycles. The van der Waals surface area contributed by atoms with Gasteiger partial charge in [-0.25, -0.2) is 0 Å². The monoisotopic (exact) mass is 256 g/mol. The van der Waals surface area contributed by atoms with Crippen molar-refractivity contribution in [3.63, 3.8) is 0 Å². The van der Waals surface area contributed by atoms with Gasteiger partial charge in [0, 0.05) is 37.8 Å². The summed E-state index contributed by atoms with van der Waals surface area (Å²) in [7, 11) is 1.91. The van der Waals surface area contributed by atoms with Gasteiger partial charge in [-0.05, 0) is 32.2 Å². The van der Waals surface area contributed by atoms with Crippen molar-refractivity contribution in [1.82, 2.24) is 14.5 Å². The summed E-state index contributed by atoms with van der Waals surface area (Å²) in [6, 6.07) is 0.605. The van der Waals surface area contributed by atoms with E-state index < -0.39 is 0 Å². The largest absolute Gasteiger partial charge is 0.396 e. The molecule has 0 aromatic carbocycles. The molecule has 1 aliphatic rings. The second kappa shape index (κ2) is 6.28. The number of anilines is 1. The first-order chi connectivity index (χ1) is 8.35. The third-order valence-electron chi connectivity index (χ3n) is 3.33. The van der Waals surface area contributed by atoms with E-state index in [1.54, 1.807) is 0 Å². The summed E-state index contributed by atoms with van der Waals surface area (Å²) in [5.74, 6) is 0. The number of hydrogen-bond acceptors (Lipinski definition) is 6. The average Bonchev–Trinajstić information content (AvgIpc) is 2.96. The first-order valence-electron chi connectivity index (χ1n) is 6.19. The van der Waals surface area contributed by atoms with Gasteiger partial charge in [-0.15, -0.1) is 5.10 Å². The number of rotatable bonds is 6.